The molecule has 0 aromatic carbocycles. The van der Waals surface area contributed by atoms with Crippen LogP contribution in [0.1, 0.15) is 32.6 Å². The molecule has 0 heterocycles. The average molecular weight is 238 g/mol. The number of rotatable bonds is 4. The third-order valence-corrected chi connectivity index (χ3v) is 3.94. The number of hydrogen-bond acceptors (Lipinski definition) is 4. The smallest absolute Gasteiger partial charge is 0.344 e. The van der Waals surface area contributed by atoms with Crippen LogP contribution in [0, 0.1) is 11.8 Å². The van der Waals surface area contributed by atoms with E-state index in [9.17, 15) is 9.59 Å². The van der Waals surface area contributed by atoms with Crippen LogP contribution in [0.15, 0.2) is 12.7 Å². The summed E-state index contributed by atoms with van der Waals surface area (Å²) in [4.78, 5) is 22.4. The van der Waals surface area contributed by atoms with Crippen molar-refractivity contribution in [2.75, 3.05) is 6.61 Å². The van der Waals surface area contributed by atoms with Gasteiger partial charge in [-0.25, -0.2) is 9.59 Å². The quantitative estimate of drug-likeness (QED) is 0.554. The van der Waals surface area contributed by atoms with Crippen molar-refractivity contribution in [1.82, 2.24) is 0 Å². The lowest BCUT2D eigenvalue weighted by atomic mass is 9.86. The van der Waals surface area contributed by atoms with Crippen LogP contribution < -0.4 is 0 Å². The second kappa shape index (κ2) is 4.51. The van der Waals surface area contributed by atoms with Gasteiger partial charge in [0.05, 0.1) is 0 Å². The predicted molar refractivity (Wildman–Crippen MR) is 61.1 cm³/mol. The van der Waals surface area contributed by atoms with Crippen molar-refractivity contribution in [1.29, 1.82) is 0 Å². The summed E-state index contributed by atoms with van der Waals surface area (Å²) in [5, 5.41) is 0. The molecule has 0 amide bonds. The van der Waals surface area contributed by atoms with Crippen molar-refractivity contribution in [3.63, 3.8) is 0 Å². The molecule has 0 N–H and O–H groups in total. The molecule has 17 heavy (non-hydrogen) atoms. The predicted octanol–water partition coefficient (Wildman–Crippen LogP) is 1.84. The maximum absolute atomic E-state index is 11.6. The highest BCUT2D eigenvalue weighted by Gasteiger charge is 2.50. The summed E-state index contributed by atoms with van der Waals surface area (Å²) in [6, 6.07) is 0. The van der Waals surface area contributed by atoms with E-state index in [0.29, 0.717) is 11.8 Å². The van der Waals surface area contributed by atoms with Crippen LogP contribution in [0.5, 0.6) is 0 Å². The van der Waals surface area contributed by atoms with Gasteiger partial charge in [0.15, 0.2) is 6.61 Å². The molecule has 2 aliphatic rings. The van der Waals surface area contributed by atoms with Gasteiger partial charge in [-0.15, -0.1) is 0 Å². The molecule has 4 heteroatoms. The second-order valence-electron chi connectivity index (χ2n) is 5.18. The van der Waals surface area contributed by atoms with Crippen molar-refractivity contribution < 1.29 is 19.1 Å². The topological polar surface area (TPSA) is 52.6 Å². The van der Waals surface area contributed by atoms with E-state index in [-0.39, 0.29) is 12.2 Å². The zero-order valence-corrected chi connectivity index (χ0v) is 10.1. The van der Waals surface area contributed by atoms with E-state index >= 15 is 0 Å². The number of carbonyl (C=O) groups is 2. The van der Waals surface area contributed by atoms with Crippen LogP contribution in [-0.2, 0) is 19.1 Å². The minimum Gasteiger partial charge on any atom is -0.457 e. The summed E-state index contributed by atoms with van der Waals surface area (Å²) in [5.74, 6) is 0.121. The monoisotopic (exact) mass is 238 g/mol. The van der Waals surface area contributed by atoms with Crippen LogP contribution in [0.3, 0.4) is 0 Å². The first kappa shape index (κ1) is 12.1. The molecular weight excluding hydrogens is 220 g/mol. The lowest BCUT2D eigenvalue weighted by Gasteiger charge is -2.33. The highest BCUT2D eigenvalue weighted by molar-refractivity contribution is 5.83. The van der Waals surface area contributed by atoms with Crippen LogP contribution in [0.25, 0.3) is 0 Å². The molecule has 4 nitrogen and oxygen atoms in total. The zero-order valence-electron chi connectivity index (χ0n) is 10.1. The summed E-state index contributed by atoms with van der Waals surface area (Å²) in [7, 11) is 0. The number of hydrogen-bond donors (Lipinski definition) is 0. The number of fused-ring (bicyclic) bond motifs is 2. The van der Waals surface area contributed by atoms with Gasteiger partial charge in [0.2, 0.25) is 0 Å². The number of ether oxygens (including phenoxy) is 2. The van der Waals surface area contributed by atoms with E-state index in [1.54, 1.807) is 0 Å². The highest BCUT2D eigenvalue weighted by atomic mass is 16.6. The third-order valence-electron chi connectivity index (χ3n) is 3.94. The van der Waals surface area contributed by atoms with Gasteiger partial charge in [0.25, 0.3) is 0 Å². The Morgan fingerprint density at radius 1 is 1.47 bits per heavy atom. The van der Waals surface area contributed by atoms with Gasteiger partial charge >= 0.3 is 11.9 Å². The Morgan fingerprint density at radius 3 is 2.76 bits per heavy atom. The fourth-order valence-electron chi connectivity index (χ4n) is 3.16. The normalized spacial score (nSPS) is 34.4. The third kappa shape index (κ3) is 2.51. The van der Waals surface area contributed by atoms with E-state index in [1.165, 1.54) is 6.42 Å². The first-order valence-electron chi connectivity index (χ1n) is 6.04. The standard InChI is InChI=1S/C13H18O4/c1-3-11(14)16-8-12(15)17-13(2)7-9-4-5-10(13)6-9/h3,9-10H,1,4-8H2,2H3. The van der Waals surface area contributed by atoms with E-state index in [4.69, 9.17) is 4.74 Å². The first-order valence-corrected chi connectivity index (χ1v) is 6.04. The highest BCUT2D eigenvalue weighted by Crippen LogP contribution is 2.52. The zero-order chi connectivity index (χ0) is 12.5. The molecule has 0 aliphatic heterocycles. The molecule has 2 aliphatic carbocycles. The molecule has 2 saturated carbocycles. The minimum atomic E-state index is -0.597. The van der Waals surface area contributed by atoms with Gasteiger partial charge in [-0.05, 0) is 44.4 Å². The van der Waals surface area contributed by atoms with Crippen LogP contribution >= 0.6 is 0 Å². The van der Waals surface area contributed by atoms with Crippen molar-refractivity contribution >= 4 is 11.9 Å². The van der Waals surface area contributed by atoms with Gasteiger partial charge in [-0.1, -0.05) is 6.58 Å². The molecule has 0 radical (unpaired) electrons. The number of esters is 2. The summed E-state index contributed by atoms with van der Waals surface area (Å²) >= 11 is 0. The summed E-state index contributed by atoms with van der Waals surface area (Å²) in [6.07, 6.45) is 5.53. The van der Waals surface area contributed by atoms with Crippen molar-refractivity contribution in [2.24, 2.45) is 11.8 Å². The molecular formula is C13H18O4. The lowest BCUT2D eigenvalue weighted by Crippen LogP contribution is -2.38. The molecule has 2 bridgehead atoms. The Bertz CT molecular complexity index is 349. The summed E-state index contributed by atoms with van der Waals surface area (Å²) in [6.45, 7) is 4.93. The van der Waals surface area contributed by atoms with Crippen molar-refractivity contribution in [3.8, 4) is 0 Å². The molecule has 0 aromatic heterocycles. The maximum Gasteiger partial charge on any atom is 0.344 e. The minimum absolute atomic E-state index is 0.322. The van der Waals surface area contributed by atoms with E-state index in [2.05, 4.69) is 11.3 Å². The van der Waals surface area contributed by atoms with Crippen LogP contribution in [0.4, 0.5) is 0 Å². The molecule has 0 aromatic rings. The van der Waals surface area contributed by atoms with Crippen LogP contribution in [-0.4, -0.2) is 24.1 Å². The Morgan fingerprint density at radius 2 is 2.24 bits per heavy atom. The maximum atomic E-state index is 11.6. The van der Waals surface area contributed by atoms with Gasteiger partial charge in [0, 0.05) is 6.08 Å². The Balaban J connectivity index is 1.82. The van der Waals surface area contributed by atoms with Crippen molar-refractivity contribution in [3.05, 3.63) is 12.7 Å². The molecule has 3 unspecified atom stereocenters. The van der Waals surface area contributed by atoms with E-state index in [0.717, 1.165) is 25.3 Å². The first-order chi connectivity index (χ1) is 8.03. The van der Waals surface area contributed by atoms with Gasteiger partial charge < -0.3 is 9.47 Å². The Hall–Kier alpha value is -1.32. The average Bonchev–Trinajstić information content (AvgIpc) is 2.85. The second-order valence-corrected chi connectivity index (χ2v) is 5.18. The molecule has 2 rings (SSSR count). The fraction of sp³-hybridized carbons (Fsp3) is 0.692. The molecule has 2 fully saturated rings. The molecule has 0 saturated heterocycles. The largest absolute Gasteiger partial charge is 0.457 e. The summed E-state index contributed by atoms with van der Waals surface area (Å²) in [5.41, 5.74) is -0.347. The van der Waals surface area contributed by atoms with Gasteiger partial charge in [-0.3, -0.25) is 0 Å². The SMILES string of the molecule is C=CC(=O)OCC(=O)OC1(C)CC2CCC1C2. The Labute approximate surface area is 101 Å². The lowest BCUT2D eigenvalue weighted by molar-refractivity contribution is -0.171. The summed E-state index contributed by atoms with van der Waals surface area (Å²) < 4.78 is 10.1. The fourth-order valence-corrected chi connectivity index (χ4v) is 3.16. The molecule has 0 spiro atoms. The van der Waals surface area contributed by atoms with E-state index < -0.39 is 11.9 Å². The van der Waals surface area contributed by atoms with E-state index in [1.807, 2.05) is 6.92 Å². The van der Waals surface area contributed by atoms with Gasteiger partial charge in [-0.2, -0.15) is 0 Å². The molecule has 3 atom stereocenters. The van der Waals surface area contributed by atoms with Crippen molar-refractivity contribution in [2.45, 2.75) is 38.2 Å². The number of carbonyl (C=O) groups excluding carboxylic acids is 2. The van der Waals surface area contributed by atoms with Gasteiger partial charge in [0.1, 0.15) is 5.60 Å². The van der Waals surface area contributed by atoms with Crippen LogP contribution in [0.2, 0.25) is 0 Å². The Kier molecular flexibility index (Phi) is 3.22. The molecule has 94 valence electrons.